The number of nitrogens with zero attached hydrogens (tertiary/aromatic N) is 3. The highest BCUT2D eigenvalue weighted by atomic mass is 79.9. The normalized spacial score (nSPS) is 17.9. The maximum atomic E-state index is 4.48. The molecule has 4 nitrogen and oxygen atoms in total. The van der Waals surface area contributed by atoms with Crippen LogP contribution in [0.2, 0.25) is 0 Å². The van der Waals surface area contributed by atoms with E-state index in [1.807, 2.05) is 11.7 Å². The summed E-state index contributed by atoms with van der Waals surface area (Å²) in [7, 11) is 2.01. The van der Waals surface area contributed by atoms with E-state index in [1.54, 1.807) is 0 Å². The molecule has 1 N–H and O–H groups in total. The Balaban J connectivity index is 1.51. The smallest absolute Gasteiger partial charge is 0.0641 e. The molecule has 0 radical (unpaired) electrons. The number of halogens is 1. The second kappa shape index (κ2) is 7.05. The lowest BCUT2D eigenvalue weighted by molar-refractivity contribution is 0.515. The minimum atomic E-state index is 0.714. The molecule has 124 valence electrons. The summed E-state index contributed by atoms with van der Waals surface area (Å²) in [4.78, 5) is 2.48. The molecule has 0 spiro atoms. The van der Waals surface area contributed by atoms with E-state index >= 15 is 0 Å². The van der Waals surface area contributed by atoms with Crippen molar-refractivity contribution in [2.45, 2.75) is 26.8 Å². The van der Waals surface area contributed by atoms with E-state index in [0.29, 0.717) is 5.92 Å². The van der Waals surface area contributed by atoms with Crippen LogP contribution in [0.1, 0.15) is 23.4 Å². The SMILES string of the molecule is Cc1nn(C)c(C)c1CNCC1CCN(c2cccc(Br)c2)C1. The maximum Gasteiger partial charge on any atom is 0.0641 e. The van der Waals surface area contributed by atoms with E-state index in [1.165, 1.54) is 23.4 Å². The molecular weight excluding hydrogens is 352 g/mol. The number of anilines is 1. The summed E-state index contributed by atoms with van der Waals surface area (Å²) in [6, 6.07) is 8.59. The van der Waals surface area contributed by atoms with Gasteiger partial charge in [-0.2, -0.15) is 5.10 Å². The summed E-state index contributed by atoms with van der Waals surface area (Å²) >= 11 is 3.56. The van der Waals surface area contributed by atoms with Crippen molar-refractivity contribution in [2.75, 3.05) is 24.5 Å². The summed E-state index contributed by atoms with van der Waals surface area (Å²) in [5, 5.41) is 8.12. The predicted molar refractivity (Wildman–Crippen MR) is 98.9 cm³/mol. The fourth-order valence-corrected chi connectivity index (χ4v) is 3.77. The van der Waals surface area contributed by atoms with Crippen molar-refractivity contribution < 1.29 is 0 Å². The summed E-state index contributed by atoms with van der Waals surface area (Å²) in [5.74, 6) is 0.714. The summed E-state index contributed by atoms with van der Waals surface area (Å²) in [6.45, 7) is 8.50. The average Bonchev–Trinajstić information content (AvgIpc) is 3.08. The molecule has 0 saturated carbocycles. The molecule has 1 saturated heterocycles. The first kappa shape index (κ1) is 16.5. The van der Waals surface area contributed by atoms with Crippen LogP contribution in [0.5, 0.6) is 0 Å². The van der Waals surface area contributed by atoms with Crippen molar-refractivity contribution in [3.8, 4) is 0 Å². The molecule has 1 unspecified atom stereocenters. The van der Waals surface area contributed by atoms with Gasteiger partial charge >= 0.3 is 0 Å². The predicted octanol–water partition coefficient (Wildman–Crippen LogP) is 3.42. The first-order chi connectivity index (χ1) is 11.0. The fraction of sp³-hybridized carbons (Fsp3) is 0.500. The Kier molecular flexibility index (Phi) is 5.07. The molecule has 0 amide bonds. The van der Waals surface area contributed by atoms with Gasteiger partial charge in [0.1, 0.15) is 0 Å². The Hall–Kier alpha value is -1.33. The second-order valence-electron chi connectivity index (χ2n) is 6.48. The van der Waals surface area contributed by atoms with Crippen LogP contribution in [0.25, 0.3) is 0 Å². The number of aryl methyl sites for hydroxylation is 2. The quantitative estimate of drug-likeness (QED) is 0.867. The second-order valence-corrected chi connectivity index (χ2v) is 7.40. The van der Waals surface area contributed by atoms with Gasteiger partial charge in [0.05, 0.1) is 5.69 Å². The topological polar surface area (TPSA) is 33.1 Å². The molecule has 1 aliphatic rings. The van der Waals surface area contributed by atoms with Gasteiger partial charge in [0.25, 0.3) is 0 Å². The highest BCUT2D eigenvalue weighted by molar-refractivity contribution is 9.10. The third-order valence-corrected chi connectivity index (χ3v) is 5.35. The van der Waals surface area contributed by atoms with Gasteiger partial charge in [-0.05, 0) is 44.4 Å². The van der Waals surface area contributed by atoms with Crippen LogP contribution in [-0.4, -0.2) is 29.4 Å². The fourth-order valence-electron chi connectivity index (χ4n) is 3.38. The van der Waals surface area contributed by atoms with Gasteiger partial charge in [-0.25, -0.2) is 0 Å². The third kappa shape index (κ3) is 3.78. The Morgan fingerprint density at radius 1 is 1.35 bits per heavy atom. The van der Waals surface area contributed by atoms with E-state index in [4.69, 9.17) is 0 Å². The molecule has 5 heteroatoms. The van der Waals surface area contributed by atoms with E-state index < -0.39 is 0 Å². The van der Waals surface area contributed by atoms with Gasteiger partial charge < -0.3 is 10.2 Å². The maximum absolute atomic E-state index is 4.48. The Bertz CT molecular complexity index is 680. The highest BCUT2D eigenvalue weighted by Gasteiger charge is 2.22. The molecule has 3 rings (SSSR count). The molecule has 0 aliphatic carbocycles. The minimum absolute atomic E-state index is 0.714. The first-order valence-electron chi connectivity index (χ1n) is 8.25. The van der Waals surface area contributed by atoms with Gasteiger partial charge in [-0.3, -0.25) is 4.68 Å². The van der Waals surface area contributed by atoms with E-state index in [-0.39, 0.29) is 0 Å². The van der Waals surface area contributed by atoms with Crippen LogP contribution >= 0.6 is 15.9 Å². The van der Waals surface area contributed by atoms with E-state index in [9.17, 15) is 0 Å². The largest absolute Gasteiger partial charge is 0.371 e. The van der Waals surface area contributed by atoms with Crippen molar-refractivity contribution in [1.29, 1.82) is 0 Å². The number of aromatic nitrogens is 2. The lowest BCUT2D eigenvalue weighted by Gasteiger charge is -2.19. The van der Waals surface area contributed by atoms with Gasteiger partial charge in [-0.1, -0.05) is 22.0 Å². The van der Waals surface area contributed by atoms with Crippen LogP contribution in [0, 0.1) is 19.8 Å². The number of benzene rings is 1. The molecule has 1 atom stereocenters. The molecule has 2 heterocycles. The highest BCUT2D eigenvalue weighted by Crippen LogP contribution is 2.26. The van der Waals surface area contributed by atoms with E-state index in [0.717, 1.165) is 36.3 Å². The summed E-state index contributed by atoms with van der Waals surface area (Å²) < 4.78 is 3.12. The van der Waals surface area contributed by atoms with Crippen molar-refractivity contribution in [3.05, 3.63) is 45.7 Å². The van der Waals surface area contributed by atoms with Crippen LogP contribution in [0.15, 0.2) is 28.7 Å². The van der Waals surface area contributed by atoms with Crippen LogP contribution in [-0.2, 0) is 13.6 Å². The van der Waals surface area contributed by atoms with Crippen LogP contribution in [0.4, 0.5) is 5.69 Å². The zero-order chi connectivity index (χ0) is 16.4. The van der Waals surface area contributed by atoms with Crippen molar-refractivity contribution in [2.24, 2.45) is 13.0 Å². The minimum Gasteiger partial charge on any atom is -0.371 e. The molecule has 23 heavy (non-hydrogen) atoms. The van der Waals surface area contributed by atoms with Gasteiger partial charge in [0.15, 0.2) is 0 Å². The molecule has 1 aromatic heterocycles. The monoisotopic (exact) mass is 376 g/mol. The number of hydrogen-bond acceptors (Lipinski definition) is 3. The van der Waals surface area contributed by atoms with Crippen LogP contribution < -0.4 is 10.2 Å². The number of rotatable bonds is 5. The molecule has 2 aromatic rings. The van der Waals surface area contributed by atoms with Crippen molar-refractivity contribution in [1.82, 2.24) is 15.1 Å². The van der Waals surface area contributed by atoms with Gasteiger partial charge in [0.2, 0.25) is 0 Å². The molecule has 1 fully saturated rings. The Morgan fingerprint density at radius 2 is 2.17 bits per heavy atom. The first-order valence-corrected chi connectivity index (χ1v) is 9.04. The van der Waals surface area contributed by atoms with Crippen LogP contribution in [0.3, 0.4) is 0 Å². The zero-order valence-corrected chi connectivity index (χ0v) is 15.7. The number of nitrogens with one attached hydrogen (secondary N) is 1. The summed E-state index contributed by atoms with van der Waals surface area (Å²) in [5.41, 5.74) is 5.06. The molecule has 0 bridgehead atoms. The number of hydrogen-bond donors (Lipinski definition) is 1. The summed E-state index contributed by atoms with van der Waals surface area (Å²) in [6.07, 6.45) is 1.25. The van der Waals surface area contributed by atoms with Crippen molar-refractivity contribution in [3.63, 3.8) is 0 Å². The molecule has 1 aromatic carbocycles. The van der Waals surface area contributed by atoms with Gasteiger partial charge in [-0.15, -0.1) is 0 Å². The van der Waals surface area contributed by atoms with Gasteiger partial charge in [0, 0.05) is 54.6 Å². The average molecular weight is 377 g/mol. The lowest BCUT2D eigenvalue weighted by Crippen LogP contribution is -2.26. The van der Waals surface area contributed by atoms with E-state index in [2.05, 4.69) is 69.4 Å². The standard InChI is InChI=1S/C18H25BrN4/c1-13-18(14(2)22(3)21-13)11-20-10-15-7-8-23(12-15)17-6-4-5-16(19)9-17/h4-6,9,15,20H,7-8,10-12H2,1-3H3. The van der Waals surface area contributed by atoms with Crippen molar-refractivity contribution >= 4 is 21.6 Å². The Morgan fingerprint density at radius 3 is 2.87 bits per heavy atom. The molecular formula is C18H25BrN4. The Labute approximate surface area is 147 Å². The lowest BCUT2D eigenvalue weighted by atomic mass is 10.1. The zero-order valence-electron chi connectivity index (χ0n) is 14.1. The molecule has 1 aliphatic heterocycles. The third-order valence-electron chi connectivity index (χ3n) is 4.85.